The van der Waals surface area contributed by atoms with Crippen molar-refractivity contribution < 1.29 is 9.90 Å². The van der Waals surface area contributed by atoms with Gasteiger partial charge in [0.1, 0.15) is 0 Å². The van der Waals surface area contributed by atoms with E-state index in [2.05, 4.69) is 24.5 Å². The molecular formula is C12H26N2O2. The second-order valence-electron chi connectivity index (χ2n) is 4.36. The number of aliphatic hydroxyl groups excluding tert-OH is 1. The van der Waals surface area contributed by atoms with E-state index < -0.39 is 0 Å². The molecule has 0 saturated carbocycles. The Bertz CT molecular complexity index is 195. The van der Waals surface area contributed by atoms with Crippen molar-refractivity contribution in [3.8, 4) is 0 Å². The number of nitrogens with one attached hydrogen (secondary N) is 2. The van der Waals surface area contributed by atoms with Crippen molar-refractivity contribution in [1.29, 1.82) is 0 Å². The summed E-state index contributed by atoms with van der Waals surface area (Å²) in [6.07, 6.45) is 1.82. The van der Waals surface area contributed by atoms with Crippen LogP contribution in [0.15, 0.2) is 0 Å². The molecule has 4 heteroatoms. The summed E-state index contributed by atoms with van der Waals surface area (Å²) in [5.41, 5.74) is -0.0965. The van der Waals surface area contributed by atoms with Crippen LogP contribution >= 0.6 is 0 Å². The first kappa shape index (κ1) is 15.4. The van der Waals surface area contributed by atoms with Crippen LogP contribution < -0.4 is 10.6 Å². The molecule has 0 aliphatic rings. The Kier molecular flexibility index (Phi) is 7.34. The lowest BCUT2D eigenvalue weighted by atomic mass is 9.83. The topological polar surface area (TPSA) is 61.4 Å². The van der Waals surface area contributed by atoms with E-state index in [1.54, 1.807) is 0 Å². The molecule has 4 nitrogen and oxygen atoms in total. The normalized spacial score (nSPS) is 13.6. The molecule has 0 aromatic rings. The molecule has 1 amide bonds. The fourth-order valence-electron chi connectivity index (χ4n) is 1.57. The zero-order chi connectivity index (χ0) is 12.6. The van der Waals surface area contributed by atoms with Gasteiger partial charge in [-0.05, 0) is 26.7 Å². The van der Waals surface area contributed by atoms with Gasteiger partial charge < -0.3 is 15.7 Å². The third-order valence-electron chi connectivity index (χ3n) is 3.36. The zero-order valence-corrected chi connectivity index (χ0v) is 11.0. The smallest absolute Gasteiger partial charge is 0.236 e. The molecule has 0 aliphatic heterocycles. The number of hydrogen-bond acceptors (Lipinski definition) is 3. The summed E-state index contributed by atoms with van der Waals surface area (Å²) in [4.78, 5) is 11.5. The van der Waals surface area contributed by atoms with Crippen LogP contribution in [0.2, 0.25) is 0 Å². The number of carbonyl (C=O) groups is 1. The van der Waals surface area contributed by atoms with Gasteiger partial charge in [0.15, 0.2) is 0 Å². The number of rotatable bonds is 8. The highest BCUT2D eigenvalue weighted by atomic mass is 16.3. The van der Waals surface area contributed by atoms with Gasteiger partial charge in [-0.1, -0.05) is 13.8 Å². The van der Waals surface area contributed by atoms with E-state index in [9.17, 15) is 9.90 Å². The van der Waals surface area contributed by atoms with E-state index in [1.165, 1.54) is 0 Å². The van der Waals surface area contributed by atoms with Crippen LogP contribution in [0.3, 0.4) is 0 Å². The van der Waals surface area contributed by atoms with E-state index in [1.807, 2.05) is 13.8 Å². The van der Waals surface area contributed by atoms with E-state index >= 15 is 0 Å². The van der Waals surface area contributed by atoms with Crippen molar-refractivity contribution in [3.63, 3.8) is 0 Å². The minimum atomic E-state index is -0.205. The highest BCUT2D eigenvalue weighted by Crippen LogP contribution is 2.24. The SMILES string of the molecule is CCNC(=O)C(C)NCC(CC)(CC)CO. The van der Waals surface area contributed by atoms with Crippen molar-refractivity contribution in [2.24, 2.45) is 5.41 Å². The van der Waals surface area contributed by atoms with E-state index in [0.717, 1.165) is 12.8 Å². The van der Waals surface area contributed by atoms with E-state index in [0.29, 0.717) is 13.1 Å². The fraction of sp³-hybridized carbons (Fsp3) is 0.917. The Morgan fingerprint density at radius 3 is 2.25 bits per heavy atom. The fourth-order valence-corrected chi connectivity index (χ4v) is 1.57. The Hall–Kier alpha value is -0.610. The molecule has 0 bridgehead atoms. The van der Waals surface area contributed by atoms with Gasteiger partial charge in [0.2, 0.25) is 5.91 Å². The van der Waals surface area contributed by atoms with Crippen molar-refractivity contribution in [2.75, 3.05) is 19.7 Å². The number of amides is 1. The van der Waals surface area contributed by atoms with Crippen molar-refractivity contribution >= 4 is 5.91 Å². The third kappa shape index (κ3) is 4.49. The standard InChI is InChI=1S/C12H26N2O2/c1-5-12(6-2,9-15)8-14-10(4)11(16)13-7-3/h10,14-15H,5-9H2,1-4H3,(H,13,16). The van der Waals surface area contributed by atoms with Gasteiger partial charge in [-0.3, -0.25) is 4.79 Å². The summed E-state index contributed by atoms with van der Waals surface area (Å²) in [7, 11) is 0. The molecule has 16 heavy (non-hydrogen) atoms. The molecule has 1 atom stereocenters. The Morgan fingerprint density at radius 1 is 1.31 bits per heavy atom. The van der Waals surface area contributed by atoms with Crippen LogP contribution in [0.1, 0.15) is 40.5 Å². The zero-order valence-electron chi connectivity index (χ0n) is 11.0. The van der Waals surface area contributed by atoms with Gasteiger partial charge >= 0.3 is 0 Å². The summed E-state index contributed by atoms with van der Waals surface area (Å²) >= 11 is 0. The Balaban J connectivity index is 4.15. The quantitative estimate of drug-likeness (QED) is 0.580. The molecule has 0 aliphatic carbocycles. The average molecular weight is 230 g/mol. The molecule has 0 radical (unpaired) electrons. The average Bonchev–Trinajstić information content (AvgIpc) is 2.31. The summed E-state index contributed by atoms with van der Waals surface area (Å²) in [6.45, 7) is 9.37. The summed E-state index contributed by atoms with van der Waals surface area (Å²) in [5, 5.41) is 15.4. The van der Waals surface area contributed by atoms with Gasteiger partial charge in [-0.25, -0.2) is 0 Å². The first-order valence-electron chi connectivity index (χ1n) is 6.17. The maximum Gasteiger partial charge on any atom is 0.236 e. The maximum absolute atomic E-state index is 11.5. The highest BCUT2D eigenvalue weighted by molar-refractivity contribution is 5.81. The van der Waals surface area contributed by atoms with Crippen molar-refractivity contribution in [2.45, 2.75) is 46.6 Å². The number of hydrogen-bond donors (Lipinski definition) is 3. The largest absolute Gasteiger partial charge is 0.396 e. The predicted octanol–water partition coefficient (Wildman–Crippen LogP) is 0.899. The Labute approximate surface area is 98.8 Å². The summed E-state index contributed by atoms with van der Waals surface area (Å²) in [5.74, 6) is 0.0153. The van der Waals surface area contributed by atoms with Crippen molar-refractivity contribution in [3.05, 3.63) is 0 Å². The van der Waals surface area contributed by atoms with Gasteiger partial charge in [-0.2, -0.15) is 0 Å². The molecule has 0 spiro atoms. The van der Waals surface area contributed by atoms with Crippen molar-refractivity contribution in [1.82, 2.24) is 10.6 Å². The molecule has 0 aromatic carbocycles. The van der Waals surface area contributed by atoms with E-state index in [-0.39, 0.29) is 24.0 Å². The summed E-state index contributed by atoms with van der Waals surface area (Å²) < 4.78 is 0. The minimum Gasteiger partial charge on any atom is -0.396 e. The molecule has 0 aromatic heterocycles. The lowest BCUT2D eigenvalue weighted by Gasteiger charge is -2.31. The molecule has 3 N–H and O–H groups in total. The van der Waals surface area contributed by atoms with Gasteiger partial charge in [0.05, 0.1) is 6.04 Å². The lowest BCUT2D eigenvalue weighted by Crippen LogP contribution is -2.47. The molecule has 96 valence electrons. The molecular weight excluding hydrogens is 204 g/mol. The lowest BCUT2D eigenvalue weighted by molar-refractivity contribution is -0.122. The molecule has 0 heterocycles. The minimum absolute atomic E-state index is 0.0153. The number of likely N-dealkylation sites (N-methyl/N-ethyl adjacent to an activating group) is 1. The van der Waals surface area contributed by atoms with Crippen LogP contribution in [-0.4, -0.2) is 36.8 Å². The molecule has 0 rings (SSSR count). The van der Waals surface area contributed by atoms with Crippen LogP contribution in [0.4, 0.5) is 0 Å². The van der Waals surface area contributed by atoms with Gasteiger partial charge in [0, 0.05) is 25.1 Å². The first-order chi connectivity index (χ1) is 7.55. The molecule has 1 unspecified atom stereocenters. The van der Waals surface area contributed by atoms with Crippen LogP contribution in [0.5, 0.6) is 0 Å². The third-order valence-corrected chi connectivity index (χ3v) is 3.36. The second kappa shape index (κ2) is 7.63. The molecule has 0 fully saturated rings. The van der Waals surface area contributed by atoms with Gasteiger partial charge in [0.25, 0.3) is 0 Å². The van der Waals surface area contributed by atoms with Gasteiger partial charge in [-0.15, -0.1) is 0 Å². The first-order valence-corrected chi connectivity index (χ1v) is 6.17. The number of aliphatic hydroxyl groups is 1. The van der Waals surface area contributed by atoms with Crippen LogP contribution in [0, 0.1) is 5.41 Å². The van der Waals surface area contributed by atoms with Crippen LogP contribution in [-0.2, 0) is 4.79 Å². The second-order valence-corrected chi connectivity index (χ2v) is 4.36. The predicted molar refractivity (Wildman–Crippen MR) is 66.2 cm³/mol. The number of carbonyl (C=O) groups excluding carboxylic acids is 1. The maximum atomic E-state index is 11.5. The Morgan fingerprint density at radius 2 is 1.88 bits per heavy atom. The van der Waals surface area contributed by atoms with Crippen LogP contribution in [0.25, 0.3) is 0 Å². The monoisotopic (exact) mass is 230 g/mol. The van der Waals surface area contributed by atoms with E-state index in [4.69, 9.17) is 0 Å². The summed E-state index contributed by atoms with van der Waals surface area (Å²) in [6, 6.07) is -0.205. The molecule has 0 saturated heterocycles. The highest BCUT2D eigenvalue weighted by Gasteiger charge is 2.26.